The third-order valence-corrected chi connectivity index (χ3v) is 19.8. The smallest absolute Gasteiger partial charge is 0.407 e. The number of amides is 2. The number of aromatic nitrogens is 12. The molecule has 10 rings (SSSR count). The molecule has 6 aromatic heterocycles. The summed E-state index contributed by atoms with van der Waals surface area (Å²) in [4.78, 5) is 134. The predicted molar refractivity (Wildman–Crippen MR) is 441 cm³/mol. The van der Waals surface area contributed by atoms with Crippen LogP contribution in [0.2, 0.25) is 6.82 Å². The average Bonchev–Trinajstić information content (AvgIpc) is 1.66. The number of nitrogens with one attached hydrogen (secondary N) is 4. The van der Waals surface area contributed by atoms with Crippen LogP contribution in [0.4, 0.5) is 4.79 Å². The van der Waals surface area contributed by atoms with Gasteiger partial charge >= 0.3 is 36.7 Å². The molecule has 5 atom stereocenters. The summed E-state index contributed by atoms with van der Waals surface area (Å²) < 4.78 is 19.7. The lowest BCUT2D eigenvalue weighted by atomic mass is 9.98. The van der Waals surface area contributed by atoms with Gasteiger partial charge in [0, 0.05) is 66.9 Å². The van der Waals surface area contributed by atoms with Gasteiger partial charge in [-0.15, -0.1) is 0 Å². The lowest BCUT2D eigenvalue weighted by Gasteiger charge is -2.22. The van der Waals surface area contributed by atoms with Gasteiger partial charge in [-0.05, 0) is 267 Å². The minimum Gasteiger partial charge on any atom is -0.478 e. The van der Waals surface area contributed by atoms with Crippen LogP contribution < -0.4 is 16.0 Å². The van der Waals surface area contributed by atoms with Crippen LogP contribution in [0.25, 0.3) is 0 Å². The van der Waals surface area contributed by atoms with E-state index in [0.29, 0.717) is 67.7 Å². The summed E-state index contributed by atoms with van der Waals surface area (Å²) in [6.07, 6.45) is 8.73. The molecular weight excluding hydrogens is 2070 g/mol. The number of aromatic carboxylic acids is 1. The van der Waals surface area contributed by atoms with Crippen molar-refractivity contribution in [1.29, 1.82) is 0 Å². The summed E-state index contributed by atoms with van der Waals surface area (Å²) in [5, 5.41) is 55.1. The Morgan fingerprint density at radius 3 is 1.38 bits per heavy atom. The standard InChI is InChI=1S/C15H26IN3O2.C10H13IN2O.C9H10IN3O2.C9H12IN3O.C9H11IN2O2.C7H11IN2.C4H10O.CH3B.4CO2/c1-7-11-12(8-2)19(18-13(11)16)9-10(3)17-14(20)21-15(4,5)6;1-6-3-4-8-9(7(2)14)10(11)12-13(8)5-6;1-4-3-13-7(9(15)11-4)6(5(2)14)8(10)12-13;1-5-4-13-7(3-11-5)8(6(2)14)9(10)12-13;1-5-2-3-6-7(9(13)14)8(10)11-12(6)4-5;1-3-5-6(4-2)9-10-7(5)8;1-4(2)3-5;1-2;4*2-1-3/h10H,7-9H2,1-6H3,(H,17,20);6H,3-5H2,1-2H3;4H,3H2,1-2H3,(H,11,15);5,11H,3-4H2,1-2H3;5H,2-4H2,1H3,(H,13,14);3-4H2,1-2H3,(H,9,10);4-5H,3H2,1-2H3;1H3;;;;. The van der Waals surface area contributed by atoms with E-state index in [-0.39, 0.29) is 66.0 Å². The number of fused-ring (bicyclic) bond motifs is 4. The number of rotatable bonds is 12. The van der Waals surface area contributed by atoms with Gasteiger partial charge in [0.05, 0.1) is 61.3 Å². The Bertz CT molecular complexity index is 3760. The summed E-state index contributed by atoms with van der Waals surface area (Å²) >= 11 is 12.8. The first-order valence-electron chi connectivity index (χ1n) is 33.6. The quantitative estimate of drug-likeness (QED) is 0.0377. The number of aryl methyl sites for hydroxylation is 1. The summed E-state index contributed by atoms with van der Waals surface area (Å²) in [6, 6.07) is 0.448. The molecule has 0 bridgehead atoms. The van der Waals surface area contributed by atoms with E-state index in [9.17, 15) is 28.8 Å². The Hall–Kier alpha value is -5.64. The number of hydrogen-bond donors (Lipinski definition) is 6. The summed E-state index contributed by atoms with van der Waals surface area (Å²) in [6.45, 7) is 39.6. The van der Waals surface area contributed by atoms with Gasteiger partial charge in [0.15, 0.2) is 17.3 Å². The van der Waals surface area contributed by atoms with Gasteiger partial charge in [-0.1, -0.05) is 62.2 Å². The number of ketones is 3. The number of aromatic amines is 1. The number of aliphatic hydroxyl groups is 1. The molecule has 4 aliphatic heterocycles. The molecule has 0 fully saturated rings. The van der Waals surface area contributed by atoms with E-state index in [0.717, 1.165) is 114 Å². The number of carbonyl (C=O) groups excluding carboxylic acids is 13. The Kier molecular flexibility index (Phi) is 52.3. The average molecular weight is 2170 g/mol. The van der Waals surface area contributed by atoms with Gasteiger partial charge in [-0.25, -0.2) is 9.59 Å². The molecule has 6 N–H and O–H groups in total. The Morgan fingerprint density at radius 2 is 0.991 bits per heavy atom. The monoisotopic (exact) mass is 2170 g/mol. The van der Waals surface area contributed by atoms with E-state index < -0.39 is 11.6 Å². The zero-order chi connectivity index (χ0) is 82.9. The van der Waals surface area contributed by atoms with Crippen molar-refractivity contribution in [2.45, 2.75) is 239 Å². The van der Waals surface area contributed by atoms with Crippen LogP contribution in [0.1, 0.15) is 222 Å². The molecule has 0 spiro atoms. The van der Waals surface area contributed by atoms with Gasteiger partial charge in [-0.3, -0.25) is 47.7 Å². The van der Waals surface area contributed by atoms with Crippen LogP contribution in [0.5, 0.6) is 0 Å². The zero-order valence-electron chi connectivity index (χ0n) is 63.4. The first-order chi connectivity index (χ1) is 50.2. The molecule has 0 aromatic carbocycles. The third-order valence-electron chi connectivity index (χ3n) is 15.0. The van der Waals surface area contributed by atoms with Crippen molar-refractivity contribution in [2.75, 3.05) is 6.61 Å². The largest absolute Gasteiger partial charge is 0.478 e. The number of alkyl carbamates (subject to hydrolysis) is 1. The van der Waals surface area contributed by atoms with Crippen LogP contribution in [0.15, 0.2) is 0 Å². The highest BCUT2D eigenvalue weighted by atomic mass is 127. The van der Waals surface area contributed by atoms with Crippen LogP contribution in [0.3, 0.4) is 0 Å². The number of carbonyl (C=O) groups is 6. The first kappa shape index (κ1) is 103. The van der Waals surface area contributed by atoms with Crippen molar-refractivity contribution in [3.05, 3.63) is 89.7 Å². The lowest BCUT2D eigenvalue weighted by Crippen LogP contribution is -2.43. The molecule has 4 aliphatic rings. The van der Waals surface area contributed by atoms with Crippen molar-refractivity contribution in [1.82, 2.24) is 75.1 Å². The maximum atomic E-state index is 11.8. The van der Waals surface area contributed by atoms with E-state index in [1.54, 1.807) is 18.5 Å². The molecule has 590 valence electrons. The highest BCUT2D eigenvalue weighted by molar-refractivity contribution is 14.1. The molecule has 6 aromatic rings. The van der Waals surface area contributed by atoms with Crippen molar-refractivity contribution < 1.29 is 82.1 Å². The van der Waals surface area contributed by atoms with E-state index in [4.69, 9.17) is 53.3 Å². The maximum absolute atomic E-state index is 11.8. The van der Waals surface area contributed by atoms with E-state index in [2.05, 4.69) is 198 Å². The zero-order valence-corrected chi connectivity index (χ0v) is 76.3. The number of halogens is 6. The number of H-pyrrole nitrogens is 1. The maximum Gasteiger partial charge on any atom is 0.407 e. The molecule has 5 unspecified atom stereocenters. The Morgan fingerprint density at radius 1 is 0.589 bits per heavy atom. The fourth-order valence-corrected chi connectivity index (χ4v) is 15.9. The number of hydrogen-bond acceptors (Lipinski definition) is 23. The number of ether oxygens (including phenoxy) is 1. The molecule has 0 aliphatic carbocycles. The molecule has 32 nitrogen and oxygen atoms in total. The van der Waals surface area contributed by atoms with Gasteiger partial charge in [0.2, 0.25) is 0 Å². The van der Waals surface area contributed by atoms with Crippen LogP contribution in [-0.2, 0) is 121 Å². The molecule has 0 saturated carbocycles. The number of aliphatic hydroxyl groups excluding tert-OH is 1. The van der Waals surface area contributed by atoms with Crippen molar-refractivity contribution >= 4 is 203 Å². The molecule has 0 saturated heterocycles. The highest BCUT2D eigenvalue weighted by Crippen LogP contribution is 2.28. The lowest BCUT2D eigenvalue weighted by molar-refractivity contribution is -0.193. The molecule has 107 heavy (non-hydrogen) atoms. The second kappa shape index (κ2) is 54.1. The van der Waals surface area contributed by atoms with Gasteiger partial charge < -0.3 is 30.9 Å². The number of Topliss-reactive ketones (excluding diaryl/α,β-unsaturated/α-hetero) is 3. The van der Waals surface area contributed by atoms with Crippen LogP contribution in [0, 0.1) is 40.0 Å². The second-order valence-electron chi connectivity index (χ2n) is 25.2. The minimum atomic E-state index is -0.856. The molecule has 2 radical (unpaired) electrons. The van der Waals surface area contributed by atoms with Crippen LogP contribution in [-0.4, -0.2) is 167 Å². The summed E-state index contributed by atoms with van der Waals surface area (Å²) in [5.41, 5.74) is 10.6. The van der Waals surface area contributed by atoms with Crippen molar-refractivity contribution in [3.63, 3.8) is 0 Å². The van der Waals surface area contributed by atoms with Gasteiger partial charge in [0.25, 0.3) is 5.91 Å². The van der Waals surface area contributed by atoms with Crippen LogP contribution >= 0.6 is 136 Å². The number of carboxylic acid groups (broad SMARTS) is 1. The van der Waals surface area contributed by atoms with Gasteiger partial charge in [-0.2, -0.15) is 68.9 Å². The third kappa shape index (κ3) is 35.5. The molecule has 39 heteroatoms. The fraction of sp³-hybridized carbons (Fsp3) is 0.588. The van der Waals surface area contributed by atoms with E-state index in [1.165, 1.54) is 42.7 Å². The molecule has 2 amide bonds. The highest BCUT2D eigenvalue weighted by Gasteiger charge is 2.31. The predicted octanol–water partition coefficient (Wildman–Crippen LogP) is 10.2. The van der Waals surface area contributed by atoms with Crippen molar-refractivity contribution in [3.8, 4) is 0 Å². The first-order valence-corrected chi connectivity index (χ1v) is 40.1. The SMILES string of the molecule is CC(=O)c1c(I)nn2c1C(=O)NC(C)C2.CC(=O)c1c(I)nn2c1CCC(C)C2.CC(=O)c1c(I)nn2c1CNC(C)C2.CC(C)CO.CC1CCc2c(C(=O)O)c(I)nn2C1.CCc1[nH]nc(I)c1CC.CCc1c(I)nn(CC(C)NC(=O)OC(C)(C)C)c1CC.O=C=O.O=C=O.O=C=O.O=C=O.[B]C. The van der Waals surface area contributed by atoms with E-state index >= 15 is 0 Å². The summed E-state index contributed by atoms with van der Waals surface area (Å²) in [7, 11) is 4.50. The van der Waals surface area contributed by atoms with Gasteiger partial charge in [0.1, 0.15) is 39.1 Å². The molecule has 10 heterocycles. The number of nitrogens with zero attached hydrogens (tertiary/aromatic N) is 11. The van der Waals surface area contributed by atoms with Crippen molar-refractivity contribution in [2.24, 2.45) is 17.8 Å². The number of carboxylic acids is 1. The van der Waals surface area contributed by atoms with E-state index in [1.807, 2.05) is 112 Å². The topological polar surface area (TPSA) is 443 Å². The minimum absolute atomic E-state index is 0.0365. The normalized spacial score (nSPS) is 15.2. The summed E-state index contributed by atoms with van der Waals surface area (Å²) in [5.74, 6) is 0.773. The second-order valence-corrected chi connectivity index (χ2v) is 31.4. The fourth-order valence-electron chi connectivity index (χ4n) is 10.5. The Labute approximate surface area is 706 Å². The Balaban J connectivity index is 0. The molecular formula is C68H96BI6N15O17.